The van der Waals surface area contributed by atoms with E-state index in [0.717, 1.165) is 22.6 Å². The van der Waals surface area contributed by atoms with E-state index in [2.05, 4.69) is 16.0 Å². The average molecular weight is 329 g/mol. The molecule has 0 aliphatic heterocycles. The van der Waals surface area contributed by atoms with Gasteiger partial charge in [0.2, 0.25) is 0 Å². The van der Waals surface area contributed by atoms with Gasteiger partial charge in [-0.3, -0.25) is 4.79 Å². The number of aryl methyl sites for hydroxylation is 2. The van der Waals surface area contributed by atoms with E-state index in [0.29, 0.717) is 11.3 Å². The van der Waals surface area contributed by atoms with Crippen LogP contribution in [0.2, 0.25) is 0 Å². The summed E-state index contributed by atoms with van der Waals surface area (Å²) in [6, 6.07) is 6.61. The minimum absolute atomic E-state index is 0.186. The van der Waals surface area contributed by atoms with Crippen LogP contribution in [0.25, 0.3) is 0 Å². The van der Waals surface area contributed by atoms with E-state index in [1.165, 1.54) is 0 Å². The zero-order valence-corrected chi connectivity index (χ0v) is 14.6. The highest BCUT2D eigenvalue weighted by atomic mass is 16.3. The largest absolute Gasteiger partial charge is 0.466 e. The van der Waals surface area contributed by atoms with E-state index in [1.54, 1.807) is 32.2 Å². The summed E-state index contributed by atoms with van der Waals surface area (Å²) in [4.78, 5) is 24.1. The molecule has 0 bridgehead atoms. The zero-order valence-electron chi connectivity index (χ0n) is 14.6. The Balaban J connectivity index is 2.10. The number of hydrogen-bond donors (Lipinski definition) is 3. The number of hydrogen-bond acceptors (Lipinski definition) is 3. The van der Waals surface area contributed by atoms with Crippen molar-refractivity contribution < 1.29 is 14.0 Å². The summed E-state index contributed by atoms with van der Waals surface area (Å²) < 4.78 is 5.49. The number of rotatable bonds is 4. The fraction of sp³-hybridized carbons (Fsp3) is 0.333. The Kier molecular flexibility index (Phi) is 5.28. The number of benzene rings is 1. The van der Waals surface area contributed by atoms with Crippen LogP contribution in [0, 0.1) is 20.8 Å². The summed E-state index contributed by atoms with van der Waals surface area (Å²) >= 11 is 0. The highest BCUT2D eigenvalue weighted by Gasteiger charge is 2.16. The van der Waals surface area contributed by atoms with Crippen molar-refractivity contribution in [3.05, 3.63) is 52.5 Å². The fourth-order valence-electron chi connectivity index (χ4n) is 2.66. The molecule has 0 aliphatic rings. The molecule has 0 unspecified atom stereocenters. The summed E-state index contributed by atoms with van der Waals surface area (Å²) in [5, 5.41) is 8.26. The molecule has 2 aromatic rings. The van der Waals surface area contributed by atoms with E-state index in [4.69, 9.17) is 4.42 Å². The van der Waals surface area contributed by atoms with Crippen LogP contribution in [0.5, 0.6) is 0 Å². The van der Waals surface area contributed by atoms with Crippen LogP contribution in [0.3, 0.4) is 0 Å². The summed E-state index contributed by atoms with van der Waals surface area (Å²) in [6.45, 7) is 7.43. The monoisotopic (exact) mass is 329 g/mol. The van der Waals surface area contributed by atoms with Crippen LogP contribution in [-0.4, -0.2) is 19.0 Å². The number of carbonyl (C=O) groups excluding carboxylic acids is 2. The van der Waals surface area contributed by atoms with Crippen molar-refractivity contribution in [3.8, 4) is 0 Å². The molecule has 0 saturated carbocycles. The highest BCUT2D eigenvalue weighted by Crippen LogP contribution is 2.22. The van der Waals surface area contributed by atoms with Crippen LogP contribution in [0.15, 0.2) is 28.7 Å². The lowest BCUT2D eigenvalue weighted by Gasteiger charge is -2.16. The van der Waals surface area contributed by atoms with Crippen LogP contribution in [-0.2, 0) is 0 Å². The number of furan rings is 1. The first-order valence-corrected chi connectivity index (χ1v) is 7.79. The molecule has 0 fully saturated rings. The van der Waals surface area contributed by atoms with Gasteiger partial charge in [0.15, 0.2) is 0 Å². The molecule has 0 spiro atoms. The van der Waals surface area contributed by atoms with Crippen molar-refractivity contribution in [2.24, 2.45) is 0 Å². The number of amides is 3. The molecule has 128 valence electrons. The van der Waals surface area contributed by atoms with Gasteiger partial charge in [-0.05, 0) is 51.5 Å². The lowest BCUT2D eigenvalue weighted by Crippen LogP contribution is -2.31. The van der Waals surface area contributed by atoms with Gasteiger partial charge in [0.1, 0.15) is 11.5 Å². The molecule has 2 rings (SSSR count). The van der Waals surface area contributed by atoms with Crippen LogP contribution < -0.4 is 16.0 Å². The second-order valence-electron chi connectivity index (χ2n) is 5.75. The summed E-state index contributed by atoms with van der Waals surface area (Å²) in [6.07, 6.45) is 0. The van der Waals surface area contributed by atoms with Gasteiger partial charge < -0.3 is 20.4 Å². The minimum atomic E-state index is -0.335. The Morgan fingerprint density at radius 1 is 1.17 bits per heavy atom. The predicted molar refractivity (Wildman–Crippen MR) is 93.3 cm³/mol. The summed E-state index contributed by atoms with van der Waals surface area (Å²) in [5.41, 5.74) is 2.79. The fourth-order valence-corrected chi connectivity index (χ4v) is 2.66. The van der Waals surface area contributed by atoms with Crippen molar-refractivity contribution in [2.75, 3.05) is 12.4 Å². The molecular weight excluding hydrogens is 306 g/mol. The summed E-state index contributed by atoms with van der Waals surface area (Å²) in [7, 11) is 1.57. The van der Waals surface area contributed by atoms with Crippen LogP contribution in [0.1, 0.15) is 46.0 Å². The van der Waals surface area contributed by atoms with Crippen molar-refractivity contribution >= 4 is 17.6 Å². The highest BCUT2D eigenvalue weighted by molar-refractivity contribution is 5.98. The number of carbonyl (C=O) groups is 2. The van der Waals surface area contributed by atoms with E-state index in [-0.39, 0.29) is 18.0 Å². The molecule has 3 N–H and O–H groups in total. The Hall–Kier alpha value is -2.76. The summed E-state index contributed by atoms with van der Waals surface area (Å²) in [5.74, 6) is 1.41. The first-order valence-electron chi connectivity index (χ1n) is 7.79. The van der Waals surface area contributed by atoms with Gasteiger partial charge in [0.05, 0.1) is 6.04 Å². The lowest BCUT2D eigenvalue weighted by atomic mass is 10.1. The SMILES string of the molecule is CNC(=O)c1cccc(NC(=O)N[C@@H](C)c2cc(C)oc2C)c1C. The molecule has 6 nitrogen and oxygen atoms in total. The minimum Gasteiger partial charge on any atom is -0.466 e. The van der Waals surface area contributed by atoms with E-state index >= 15 is 0 Å². The van der Waals surface area contributed by atoms with Crippen molar-refractivity contribution in [2.45, 2.75) is 33.7 Å². The Bertz CT molecular complexity index is 765. The molecule has 0 saturated heterocycles. The molecule has 0 radical (unpaired) electrons. The topological polar surface area (TPSA) is 83.4 Å². The van der Waals surface area contributed by atoms with E-state index in [1.807, 2.05) is 26.8 Å². The van der Waals surface area contributed by atoms with Gasteiger partial charge in [-0.15, -0.1) is 0 Å². The van der Waals surface area contributed by atoms with Gasteiger partial charge in [0, 0.05) is 23.9 Å². The van der Waals surface area contributed by atoms with Gasteiger partial charge in [-0.2, -0.15) is 0 Å². The van der Waals surface area contributed by atoms with Gasteiger partial charge in [-0.25, -0.2) is 4.79 Å². The molecule has 3 amide bonds. The third kappa shape index (κ3) is 3.76. The van der Waals surface area contributed by atoms with Crippen molar-refractivity contribution in [3.63, 3.8) is 0 Å². The zero-order chi connectivity index (χ0) is 17.9. The molecular formula is C18H23N3O3. The van der Waals surface area contributed by atoms with Crippen molar-refractivity contribution in [1.82, 2.24) is 10.6 Å². The average Bonchev–Trinajstić information content (AvgIpc) is 2.87. The first kappa shape index (κ1) is 17.6. The number of urea groups is 1. The smallest absolute Gasteiger partial charge is 0.319 e. The number of anilines is 1. The standard InChI is InChI=1S/C18H23N3O3/c1-10-9-15(13(4)24-10)12(3)20-18(23)21-16-8-6-7-14(11(16)2)17(22)19-5/h6-9,12H,1-5H3,(H,19,22)(H2,20,21,23)/t12-/m0/s1. The van der Waals surface area contributed by atoms with Gasteiger partial charge >= 0.3 is 6.03 Å². The molecule has 1 atom stereocenters. The van der Waals surface area contributed by atoms with Crippen LogP contribution in [0.4, 0.5) is 10.5 Å². The molecule has 0 aliphatic carbocycles. The maximum atomic E-state index is 12.3. The quantitative estimate of drug-likeness (QED) is 0.803. The normalized spacial score (nSPS) is 11.7. The first-order chi connectivity index (χ1) is 11.3. The number of nitrogens with one attached hydrogen (secondary N) is 3. The Morgan fingerprint density at radius 2 is 1.88 bits per heavy atom. The maximum Gasteiger partial charge on any atom is 0.319 e. The third-order valence-electron chi connectivity index (χ3n) is 3.95. The lowest BCUT2D eigenvalue weighted by molar-refractivity contribution is 0.0962. The van der Waals surface area contributed by atoms with E-state index < -0.39 is 0 Å². The second-order valence-corrected chi connectivity index (χ2v) is 5.75. The van der Waals surface area contributed by atoms with Gasteiger partial charge in [0.25, 0.3) is 5.91 Å². The van der Waals surface area contributed by atoms with Crippen LogP contribution >= 0.6 is 0 Å². The Labute approximate surface area is 141 Å². The molecule has 1 aromatic carbocycles. The van der Waals surface area contributed by atoms with E-state index in [9.17, 15) is 9.59 Å². The van der Waals surface area contributed by atoms with Gasteiger partial charge in [-0.1, -0.05) is 6.07 Å². The second kappa shape index (κ2) is 7.21. The third-order valence-corrected chi connectivity index (χ3v) is 3.95. The van der Waals surface area contributed by atoms with Crippen molar-refractivity contribution in [1.29, 1.82) is 0 Å². The molecule has 6 heteroatoms. The molecule has 1 heterocycles. The maximum absolute atomic E-state index is 12.3. The predicted octanol–water partition coefficient (Wildman–Crippen LogP) is 3.45. The Morgan fingerprint density at radius 3 is 2.46 bits per heavy atom. The molecule has 24 heavy (non-hydrogen) atoms. The molecule has 1 aromatic heterocycles.